The van der Waals surface area contributed by atoms with Crippen molar-refractivity contribution in [1.82, 2.24) is 4.90 Å². The molecule has 1 aliphatic carbocycles. The van der Waals surface area contributed by atoms with Gasteiger partial charge >= 0.3 is 0 Å². The summed E-state index contributed by atoms with van der Waals surface area (Å²) in [4.78, 5) is 25.8. The summed E-state index contributed by atoms with van der Waals surface area (Å²) in [6, 6.07) is 14.5. The smallest absolute Gasteiger partial charge is 0.296 e. The van der Waals surface area contributed by atoms with Gasteiger partial charge in [-0.2, -0.15) is 0 Å². The third-order valence-electron chi connectivity index (χ3n) is 5.81. The van der Waals surface area contributed by atoms with Gasteiger partial charge in [0.1, 0.15) is 0 Å². The number of ketones is 1. The third kappa shape index (κ3) is 2.49. The SMILES string of the molecule is O=C1Nc2cc(C3CCN(CC4=CCc5ccccc54)C3)ccc2C1=O. The number of nitrogens with one attached hydrogen (secondary N) is 1. The molecule has 3 aliphatic rings. The van der Waals surface area contributed by atoms with Gasteiger partial charge < -0.3 is 5.32 Å². The molecule has 130 valence electrons. The maximum Gasteiger partial charge on any atom is 0.296 e. The molecule has 1 amide bonds. The molecule has 0 radical (unpaired) electrons. The van der Waals surface area contributed by atoms with Crippen LogP contribution in [-0.4, -0.2) is 36.2 Å². The summed E-state index contributed by atoms with van der Waals surface area (Å²) in [6.07, 6.45) is 4.51. The highest BCUT2D eigenvalue weighted by Gasteiger charge is 2.30. The fourth-order valence-electron chi connectivity index (χ4n) is 4.41. The van der Waals surface area contributed by atoms with Crippen LogP contribution in [0.4, 0.5) is 5.69 Å². The van der Waals surface area contributed by atoms with Gasteiger partial charge in [0.05, 0.1) is 11.3 Å². The van der Waals surface area contributed by atoms with Gasteiger partial charge in [0, 0.05) is 13.1 Å². The number of hydrogen-bond donors (Lipinski definition) is 1. The summed E-state index contributed by atoms with van der Waals surface area (Å²) in [6.45, 7) is 3.08. The number of likely N-dealkylation sites (tertiary alicyclic amines) is 1. The predicted octanol–water partition coefficient (Wildman–Crippen LogP) is 3.25. The number of fused-ring (bicyclic) bond motifs is 2. The molecule has 1 fully saturated rings. The molecule has 0 spiro atoms. The van der Waals surface area contributed by atoms with Crippen molar-refractivity contribution in [1.29, 1.82) is 0 Å². The Hall–Kier alpha value is -2.72. The molecule has 0 aromatic heterocycles. The van der Waals surface area contributed by atoms with Crippen molar-refractivity contribution in [2.45, 2.75) is 18.8 Å². The lowest BCUT2D eigenvalue weighted by Crippen LogP contribution is -2.22. The van der Waals surface area contributed by atoms with E-state index in [0.29, 0.717) is 17.2 Å². The van der Waals surface area contributed by atoms with Crippen LogP contribution in [0, 0.1) is 0 Å². The molecular formula is C22H20N2O2. The Morgan fingerprint density at radius 1 is 1.08 bits per heavy atom. The number of rotatable bonds is 3. The standard InChI is InChI=1S/C22H20N2O2/c25-21-19-8-7-15(11-20(19)23-22(21)26)16-9-10-24(12-16)13-17-6-5-14-3-1-2-4-18(14)17/h1-4,6-8,11,16H,5,9-10,12-13H2,(H,23,25,26). The Balaban J connectivity index is 1.29. The van der Waals surface area contributed by atoms with Gasteiger partial charge in [0.25, 0.3) is 11.7 Å². The Bertz CT molecular complexity index is 960. The van der Waals surface area contributed by atoms with Gasteiger partial charge in [-0.1, -0.05) is 36.4 Å². The van der Waals surface area contributed by atoms with Gasteiger partial charge in [-0.05, 0) is 59.7 Å². The lowest BCUT2D eigenvalue weighted by Gasteiger charge is -2.18. The third-order valence-corrected chi connectivity index (χ3v) is 5.81. The van der Waals surface area contributed by atoms with E-state index in [-0.39, 0.29) is 0 Å². The number of allylic oxidation sites excluding steroid dienone is 1. The van der Waals surface area contributed by atoms with Gasteiger partial charge in [0.15, 0.2) is 0 Å². The van der Waals surface area contributed by atoms with Gasteiger partial charge in [0.2, 0.25) is 0 Å². The average Bonchev–Trinajstić information content (AvgIpc) is 3.35. The first-order chi connectivity index (χ1) is 12.7. The van der Waals surface area contributed by atoms with Crippen molar-refractivity contribution in [2.75, 3.05) is 25.0 Å². The van der Waals surface area contributed by atoms with Gasteiger partial charge in [-0.25, -0.2) is 0 Å². The lowest BCUT2D eigenvalue weighted by atomic mass is 9.96. The number of hydrogen-bond acceptors (Lipinski definition) is 3. The van der Waals surface area contributed by atoms with Gasteiger partial charge in [-0.15, -0.1) is 0 Å². The molecule has 1 unspecified atom stereocenters. The topological polar surface area (TPSA) is 49.4 Å². The zero-order chi connectivity index (χ0) is 17.7. The zero-order valence-corrected chi connectivity index (χ0v) is 14.5. The van der Waals surface area contributed by atoms with Crippen molar-refractivity contribution >= 4 is 23.0 Å². The summed E-state index contributed by atoms with van der Waals surface area (Å²) in [5, 5.41) is 2.68. The van der Waals surface area contributed by atoms with Crippen LogP contribution in [-0.2, 0) is 11.2 Å². The maximum absolute atomic E-state index is 11.7. The summed E-state index contributed by atoms with van der Waals surface area (Å²) in [5.74, 6) is -0.492. The molecule has 5 rings (SSSR count). The van der Waals surface area contributed by atoms with E-state index < -0.39 is 11.7 Å². The highest BCUT2D eigenvalue weighted by molar-refractivity contribution is 6.51. The van der Waals surface area contributed by atoms with E-state index in [2.05, 4.69) is 40.6 Å². The van der Waals surface area contributed by atoms with Crippen LogP contribution in [0.2, 0.25) is 0 Å². The fourth-order valence-corrected chi connectivity index (χ4v) is 4.41. The van der Waals surface area contributed by atoms with Crippen molar-refractivity contribution in [3.8, 4) is 0 Å². The average molecular weight is 344 g/mol. The number of nitrogens with zero attached hydrogens (tertiary/aromatic N) is 1. The van der Waals surface area contributed by atoms with E-state index >= 15 is 0 Å². The minimum absolute atomic E-state index is 0.425. The van der Waals surface area contributed by atoms with Gasteiger partial charge in [-0.3, -0.25) is 14.5 Å². The highest BCUT2D eigenvalue weighted by Crippen LogP contribution is 2.34. The molecule has 4 nitrogen and oxygen atoms in total. The molecule has 1 atom stereocenters. The number of anilines is 1. The van der Waals surface area contributed by atoms with Crippen LogP contribution in [0.5, 0.6) is 0 Å². The predicted molar refractivity (Wildman–Crippen MR) is 101 cm³/mol. The summed E-state index contributed by atoms with van der Waals surface area (Å²) >= 11 is 0. The highest BCUT2D eigenvalue weighted by atomic mass is 16.2. The monoisotopic (exact) mass is 344 g/mol. The van der Waals surface area contributed by atoms with Crippen LogP contribution in [0.3, 0.4) is 0 Å². The molecule has 2 aliphatic heterocycles. The Kier molecular flexibility index (Phi) is 3.54. The zero-order valence-electron chi connectivity index (χ0n) is 14.5. The van der Waals surface area contributed by atoms with E-state index in [1.165, 1.54) is 22.3 Å². The minimum atomic E-state index is -0.517. The largest absolute Gasteiger partial charge is 0.318 e. The van der Waals surface area contributed by atoms with Crippen molar-refractivity contribution in [3.05, 3.63) is 70.8 Å². The molecule has 2 aromatic carbocycles. The van der Waals surface area contributed by atoms with E-state index in [9.17, 15) is 9.59 Å². The first-order valence-electron chi connectivity index (χ1n) is 9.18. The Morgan fingerprint density at radius 2 is 1.96 bits per heavy atom. The van der Waals surface area contributed by atoms with Crippen LogP contribution < -0.4 is 5.32 Å². The molecule has 26 heavy (non-hydrogen) atoms. The first-order valence-corrected chi connectivity index (χ1v) is 9.18. The number of carbonyl (C=O) groups is 2. The molecule has 0 saturated carbocycles. The normalized spacial score (nSPS) is 21.5. The second kappa shape index (κ2) is 5.92. The number of benzene rings is 2. The van der Waals surface area contributed by atoms with Crippen LogP contribution in [0.1, 0.15) is 39.4 Å². The summed E-state index contributed by atoms with van der Waals surface area (Å²) in [5.41, 5.74) is 6.65. The molecule has 0 bridgehead atoms. The molecule has 2 aromatic rings. The maximum atomic E-state index is 11.7. The second-order valence-electron chi connectivity index (χ2n) is 7.40. The van der Waals surface area contributed by atoms with Crippen molar-refractivity contribution in [3.63, 3.8) is 0 Å². The molecule has 4 heteroatoms. The molecular weight excluding hydrogens is 324 g/mol. The van der Waals surface area contributed by atoms with Crippen molar-refractivity contribution < 1.29 is 9.59 Å². The van der Waals surface area contributed by atoms with E-state index in [1.807, 2.05) is 12.1 Å². The Labute approximate surface area is 152 Å². The molecule has 2 heterocycles. The summed E-state index contributed by atoms with van der Waals surface area (Å²) < 4.78 is 0. The van der Waals surface area contributed by atoms with Crippen LogP contribution in [0.15, 0.2) is 48.5 Å². The molecule has 1 N–H and O–H groups in total. The van der Waals surface area contributed by atoms with Crippen molar-refractivity contribution in [2.24, 2.45) is 0 Å². The summed E-state index contributed by atoms with van der Waals surface area (Å²) in [7, 11) is 0. The number of amides is 1. The minimum Gasteiger partial charge on any atom is -0.318 e. The fraction of sp³-hybridized carbons (Fsp3) is 0.273. The number of Topliss-reactive ketones (excluding diaryl/α,β-unsaturated/α-hetero) is 1. The van der Waals surface area contributed by atoms with E-state index in [0.717, 1.165) is 32.5 Å². The molecule has 1 saturated heterocycles. The quantitative estimate of drug-likeness (QED) is 0.870. The van der Waals surface area contributed by atoms with E-state index in [4.69, 9.17) is 0 Å². The number of carbonyl (C=O) groups excluding carboxylic acids is 2. The van der Waals surface area contributed by atoms with E-state index in [1.54, 1.807) is 6.07 Å². The lowest BCUT2D eigenvalue weighted by molar-refractivity contribution is -0.112. The van der Waals surface area contributed by atoms with Crippen LogP contribution >= 0.6 is 0 Å². The second-order valence-corrected chi connectivity index (χ2v) is 7.40. The van der Waals surface area contributed by atoms with Crippen LogP contribution in [0.25, 0.3) is 5.57 Å². The Morgan fingerprint density at radius 3 is 2.88 bits per heavy atom. The first kappa shape index (κ1) is 15.5.